The monoisotopic (exact) mass is 410 g/mol. The normalized spacial score (nSPS) is 52.1. The number of ether oxygens (including phenoxy) is 2. The number of nitrogens with one attached hydrogen (secondary N) is 1. The molecule has 164 valence electrons. The number of carboxylic acid groups (broad SMARTS) is 1. The fourth-order valence-electron chi connectivity index (χ4n) is 8.19. The first-order valence-electron chi connectivity index (χ1n) is 11.1. The summed E-state index contributed by atoms with van der Waals surface area (Å²) >= 11 is 0. The molecule has 5 rings (SSSR count). The summed E-state index contributed by atoms with van der Waals surface area (Å²) in [5.41, 5.74) is -0.573. The molecule has 4 N–H and O–H groups in total. The van der Waals surface area contributed by atoms with Crippen LogP contribution in [0.5, 0.6) is 0 Å². The number of aliphatic hydroxyl groups is 2. The number of hydrogen-bond acceptors (Lipinski definition) is 7. The topological polar surface area (TPSA) is 111 Å². The van der Waals surface area contributed by atoms with Crippen LogP contribution in [0, 0.1) is 17.3 Å². The average Bonchev–Trinajstić information content (AvgIpc) is 3.06. The number of likely N-dealkylation sites (tertiary alicyclic amines) is 1. The smallest absolute Gasteiger partial charge is 0.323 e. The van der Waals surface area contributed by atoms with Gasteiger partial charge in [-0.1, -0.05) is 0 Å². The number of carboxylic acids is 1. The lowest BCUT2D eigenvalue weighted by Crippen LogP contribution is -2.78. The Hall–Kier alpha value is -0.770. The molecule has 8 heteroatoms. The molecule has 29 heavy (non-hydrogen) atoms. The second-order valence-electron chi connectivity index (χ2n) is 9.95. The second-order valence-corrected chi connectivity index (χ2v) is 9.95. The molecule has 3 saturated carbocycles. The Kier molecular flexibility index (Phi) is 4.77. The molecule has 0 aromatic heterocycles. The first-order valence-corrected chi connectivity index (χ1v) is 11.1. The first-order chi connectivity index (χ1) is 13.9. The van der Waals surface area contributed by atoms with Crippen LogP contribution in [0.1, 0.15) is 38.5 Å². The van der Waals surface area contributed by atoms with Crippen molar-refractivity contribution in [2.45, 2.75) is 80.6 Å². The van der Waals surface area contributed by atoms with E-state index in [2.05, 4.69) is 17.3 Å². The maximum absolute atomic E-state index is 11.6. The van der Waals surface area contributed by atoms with Gasteiger partial charge in [-0.3, -0.25) is 10.1 Å². The molecule has 0 aromatic carbocycles. The van der Waals surface area contributed by atoms with E-state index >= 15 is 0 Å². The minimum atomic E-state index is -1.05. The Balaban J connectivity index is 1.59. The summed E-state index contributed by atoms with van der Waals surface area (Å²) in [6.45, 7) is 0.501. The van der Waals surface area contributed by atoms with Crippen molar-refractivity contribution in [3.8, 4) is 0 Å². The third kappa shape index (κ3) is 2.44. The van der Waals surface area contributed by atoms with Crippen molar-refractivity contribution in [2.24, 2.45) is 17.3 Å². The van der Waals surface area contributed by atoms with Gasteiger partial charge in [0.25, 0.3) is 0 Å². The van der Waals surface area contributed by atoms with E-state index in [0.717, 1.165) is 45.1 Å². The molecule has 2 bridgehead atoms. The Morgan fingerprint density at radius 1 is 1.34 bits per heavy atom. The molecule has 2 aliphatic heterocycles. The molecule has 2 saturated heterocycles. The number of likely N-dealkylation sites (N-methyl/N-ethyl adjacent to an activating group) is 1. The van der Waals surface area contributed by atoms with E-state index in [4.69, 9.17) is 9.47 Å². The predicted octanol–water partition coefficient (Wildman–Crippen LogP) is -0.182. The largest absolute Gasteiger partial charge is 0.480 e. The molecular formula is C21H34N2O6. The van der Waals surface area contributed by atoms with Gasteiger partial charge >= 0.3 is 5.97 Å². The molecule has 1 spiro atoms. The van der Waals surface area contributed by atoms with Crippen molar-refractivity contribution in [3.63, 3.8) is 0 Å². The minimum Gasteiger partial charge on any atom is -0.480 e. The summed E-state index contributed by atoms with van der Waals surface area (Å²) in [5, 5.41) is 33.1. The van der Waals surface area contributed by atoms with Gasteiger partial charge in [-0.25, -0.2) is 0 Å². The van der Waals surface area contributed by atoms with E-state index in [1.165, 1.54) is 0 Å². The van der Waals surface area contributed by atoms with Gasteiger partial charge in [0.05, 0.1) is 30.5 Å². The third-order valence-electron chi connectivity index (χ3n) is 9.20. The number of methoxy groups -OCH3 is 1. The van der Waals surface area contributed by atoms with Gasteiger partial charge < -0.3 is 29.7 Å². The van der Waals surface area contributed by atoms with Crippen LogP contribution >= 0.6 is 0 Å². The van der Waals surface area contributed by atoms with E-state index in [1.54, 1.807) is 0 Å². The second kappa shape index (κ2) is 6.87. The number of aliphatic hydroxyl groups excluding tert-OH is 2. The Morgan fingerprint density at radius 2 is 2.14 bits per heavy atom. The van der Waals surface area contributed by atoms with Crippen LogP contribution in [0.2, 0.25) is 0 Å². The van der Waals surface area contributed by atoms with Gasteiger partial charge in [0.1, 0.15) is 6.04 Å². The highest BCUT2D eigenvalue weighted by Gasteiger charge is 2.78. The number of nitrogens with zero attached hydrogens (tertiary/aromatic N) is 1. The van der Waals surface area contributed by atoms with E-state index in [9.17, 15) is 20.1 Å². The minimum absolute atomic E-state index is 0.174. The summed E-state index contributed by atoms with van der Waals surface area (Å²) in [4.78, 5) is 14.0. The fourth-order valence-corrected chi connectivity index (χ4v) is 8.19. The van der Waals surface area contributed by atoms with Crippen LogP contribution in [0.15, 0.2) is 0 Å². The van der Waals surface area contributed by atoms with Crippen molar-refractivity contribution in [3.05, 3.63) is 0 Å². The van der Waals surface area contributed by atoms with Crippen molar-refractivity contribution >= 4 is 5.97 Å². The van der Waals surface area contributed by atoms with Gasteiger partial charge in [0.15, 0.2) is 0 Å². The molecular weight excluding hydrogens is 376 g/mol. The van der Waals surface area contributed by atoms with Crippen molar-refractivity contribution < 1.29 is 29.6 Å². The maximum Gasteiger partial charge on any atom is 0.323 e. The Morgan fingerprint density at radius 3 is 2.83 bits per heavy atom. The van der Waals surface area contributed by atoms with Crippen LogP contribution < -0.4 is 5.32 Å². The highest BCUT2D eigenvalue weighted by molar-refractivity contribution is 5.73. The maximum atomic E-state index is 11.6. The molecule has 0 aromatic rings. The number of hydrogen-bond donors (Lipinski definition) is 4. The summed E-state index contributed by atoms with van der Waals surface area (Å²) in [6.07, 6.45) is 4.43. The number of carbonyl (C=O) groups is 1. The average molecular weight is 411 g/mol. The molecule has 5 unspecified atom stereocenters. The zero-order chi connectivity index (χ0) is 20.6. The molecule has 8 nitrogen and oxygen atoms in total. The molecule has 10 atom stereocenters. The summed E-state index contributed by atoms with van der Waals surface area (Å²) in [5.74, 6) is -0.314. The van der Waals surface area contributed by atoms with Gasteiger partial charge in [0.2, 0.25) is 0 Å². The van der Waals surface area contributed by atoms with Crippen LogP contribution in [0.4, 0.5) is 0 Å². The molecule has 0 radical (unpaired) electrons. The van der Waals surface area contributed by atoms with Crippen LogP contribution in [0.25, 0.3) is 0 Å². The van der Waals surface area contributed by atoms with Crippen molar-refractivity contribution in [1.29, 1.82) is 0 Å². The van der Waals surface area contributed by atoms with Crippen LogP contribution in [0.3, 0.4) is 0 Å². The predicted molar refractivity (Wildman–Crippen MR) is 103 cm³/mol. The lowest BCUT2D eigenvalue weighted by Gasteiger charge is -2.69. The van der Waals surface area contributed by atoms with E-state index in [-0.39, 0.29) is 35.2 Å². The molecule has 2 heterocycles. The highest BCUT2D eigenvalue weighted by Crippen LogP contribution is 2.70. The highest BCUT2D eigenvalue weighted by atomic mass is 16.5. The summed E-state index contributed by atoms with van der Waals surface area (Å²) < 4.78 is 13.1. The van der Waals surface area contributed by atoms with Crippen LogP contribution in [-0.2, 0) is 14.3 Å². The number of rotatable bonds is 5. The standard InChI is InChI=1S/C21H34N2O6/c1-23-8-7-20-16-11-3-4-14(25)17(16)29-18(20)12(22-13(10-24)19(26)27)5-6-21(20,28-2)15(23)9-11/h11-18,22,24-25H,3-10H2,1-2H3,(H,26,27)/t11?,12-,13-,14?,15?,16?,17?,18-,20-,21+/m0/s1. The zero-order valence-electron chi connectivity index (χ0n) is 17.3. The Bertz CT molecular complexity index is 678. The molecule has 3 aliphatic carbocycles. The number of piperidine rings is 1. The summed E-state index contributed by atoms with van der Waals surface area (Å²) in [7, 11) is 4.01. The van der Waals surface area contributed by atoms with E-state index in [1.807, 2.05) is 7.11 Å². The van der Waals surface area contributed by atoms with Gasteiger partial charge in [-0.15, -0.1) is 0 Å². The number of aliphatic carboxylic acids is 1. The SMILES string of the molecule is CO[C@]12CC[C@H](N[C@@H](CO)C(=O)O)[C@@H]3OC4C(O)CCC5CC1N(C)CC[C@]32C54. The Labute approximate surface area is 171 Å². The van der Waals surface area contributed by atoms with Crippen LogP contribution in [-0.4, -0.2) is 95.5 Å². The van der Waals surface area contributed by atoms with Gasteiger partial charge in [-0.05, 0) is 58.0 Å². The quantitative estimate of drug-likeness (QED) is 0.494. The molecule has 5 fully saturated rings. The lowest BCUT2D eigenvalue weighted by atomic mass is 9.42. The molecule has 0 amide bonds. The fraction of sp³-hybridized carbons (Fsp3) is 0.952. The summed E-state index contributed by atoms with van der Waals surface area (Å²) in [6, 6.07) is -0.868. The van der Waals surface area contributed by atoms with Crippen molar-refractivity contribution in [1.82, 2.24) is 10.2 Å². The third-order valence-corrected chi connectivity index (χ3v) is 9.20. The van der Waals surface area contributed by atoms with Crippen molar-refractivity contribution in [2.75, 3.05) is 27.3 Å². The zero-order valence-corrected chi connectivity index (χ0v) is 17.3. The van der Waals surface area contributed by atoms with Gasteiger partial charge in [0, 0.05) is 30.5 Å². The lowest BCUT2D eigenvalue weighted by molar-refractivity contribution is -0.269. The van der Waals surface area contributed by atoms with E-state index in [0.29, 0.717) is 12.0 Å². The van der Waals surface area contributed by atoms with Gasteiger partial charge in [-0.2, -0.15) is 0 Å². The first kappa shape index (κ1) is 20.2. The molecule has 5 aliphatic rings. The van der Waals surface area contributed by atoms with E-state index < -0.39 is 24.7 Å².